The van der Waals surface area contributed by atoms with Gasteiger partial charge in [-0.2, -0.15) is 0 Å². The van der Waals surface area contributed by atoms with Gasteiger partial charge >= 0.3 is 5.97 Å². The topological polar surface area (TPSA) is 58.6 Å². The zero-order valence-electron chi connectivity index (χ0n) is 13.8. The number of carbonyl (C=O) groups excluding carboxylic acids is 2. The van der Waals surface area contributed by atoms with Crippen molar-refractivity contribution in [3.05, 3.63) is 29.8 Å². The van der Waals surface area contributed by atoms with E-state index in [1.54, 1.807) is 31.2 Å². The van der Waals surface area contributed by atoms with Crippen LogP contribution in [-0.2, 0) is 9.53 Å². The van der Waals surface area contributed by atoms with Gasteiger partial charge in [0, 0.05) is 5.69 Å². The standard InChI is InChI=1S/C18H26N2O3/c1-2-23-18(22)15-8-10-16(11-9-15)19-17(21)14-20-12-6-4-3-5-7-13-20/h8-11H,2-7,12-14H2,1H3,(H,19,21). The van der Waals surface area contributed by atoms with Gasteiger partial charge in [0.05, 0.1) is 18.7 Å². The van der Waals surface area contributed by atoms with Crippen LogP contribution in [-0.4, -0.2) is 43.0 Å². The number of ether oxygens (including phenoxy) is 1. The van der Waals surface area contributed by atoms with Crippen molar-refractivity contribution >= 4 is 17.6 Å². The number of benzene rings is 1. The van der Waals surface area contributed by atoms with Crippen LogP contribution in [0, 0.1) is 0 Å². The summed E-state index contributed by atoms with van der Waals surface area (Å²) in [6.07, 6.45) is 6.16. The van der Waals surface area contributed by atoms with Gasteiger partial charge in [0.25, 0.3) is 0 Å². The molecule has 0 aliphatic carbocycles. The van der Waals surface area contributed by atoms with Crippen LogP contribution in [0.1, 0.15) is 49.4 Å². The number of hydrogen-bond acceptors (Lipinski definition) is 4. The molecule has 0 bridgehead atoms. The van der Waals surface area contributed by atoms with Gasteiger partial charge in [0.15, 0.2) is 0 Å². The lowest BCUT2D eigenvalue weighted by Gasteiger charge is -2.23. The highest BCUT2D eigenvalue weighted by molar-refractivity contribution is 5.94. The van der Waals surface area contributed by atoms with Gasteiger partial charge < -0.3 is 10.1 Å². The highest BCUT2D eigenvalue weighted by Crippen LogP contribution is 2.12. The first-order chi connectivity index (χ1) is 11.2. The minimum atomic E-state index is -0.342. The number of nitrogens with one attached hydrogen (secondary N) is 1. The predicted molar refractivity (Wildman–Crippen MR) is 90.6 cm³/mol. The Hall–Kier alpha value is -1.88. The summed E-state index contributed by atoms with van der Waals surface area (Å²) in [6, 6.07) is 6.81. The van der Waals surface area contributed by atoms with Crippen molar-refractivity contribution in [3.63, 3.8) is 0 Å². The Morgan fingerprint density at radius 3 is 2.26 bits per heavy atom. The van der Waals surface area contributed by atoms with E-state index in [0.29, 0.717) is 24.4 Å². The van der Waals surface area contributed by atoms with Crippen molar-refractivity contribution in [1.29, 1.82) is 0 Å². The molecule has 5 nitrogen and oxygen atoms in total. The lowest BCUT2D eigenvalue weighted by Crippen LogP contribution is -2.35. The fourth-order valence-electron chi connectivity index (χ4n) is 2.78. The Kier molecular flexibility index (Phi) is 7.07. The molecular formula is C18H26N2O3. The number of likely N-dealkylation sites (tertiary alicyclic amines) is 1. The zero-order valence-corrected chi connectivity index (χ0v) is 13.8. The largest absolute Gasteiger partial charge is 0.462 e. The highest BCUT2D eigenvalue weighted by atomic mass is 16.5. The molecule has 1 saturated heterocycles. The van der Waals surface area contributed by atoms with E-state index >= 15 is 0 Å². The summed E-state index contributed by atoms with van der Waals surface area (Å²) in [7, 11) is 0. The molecule has 1 N–H and O–H groups in total. The fourth-order valence-corrected chi connectivity index (χ4v) is 2.78. The van der Waals surface area contributed by atoms with E-state index in [-0.39, 0.29) is 11.9 Å². The smallest absolute Gasteiger partial charge is 0.338 e. The second kappa shape index (κ2) is 9.30. The molecule has 0 unspecified atom stereocenters. The average Bonchev–Trinajstić information content (AvgIpc) is 2.51. The van der Waals surface area contributed by atoms with Crippen LogP contribution in [0.4, 0.5) is 5.69 Å². The van der Waals surface area contributed by atoms with Gasteiger partial charge in [0.2, 0.25) is 5.91 Å². The number of hydrogen-bond donors (Lipinski definition) is 1. The Morgan fingerprint density at radius 2 is 1.65 bits per heavy atom. The summed E-state index contributed by atoms with van der Waals surface area (Å²) in [5.74, 6) is -0.347. The maximum Gasteiger partial charge on any atom is 0.338 e. The first-order valence-corrected chi connectivity index (χ1v) is 8.48. The first-order valence-electron chi connectivity index (χ1n) is 8.48. The summed E-state index contributed by atoms with van der Waals surface area (Å²) in [5, 5.41) is 2.89. The van der Waals surface area contributed by atoms with Crippen molar-refractivity contribution in [1.82, 2.24) is 4.90 Å². The highest BCUT2D eigenvalue weighted by Gasteiger charge is 2.13. The fraction of sp³-hybridized carbons (Fsp3) is 0.556. The van der Waals surface area contributed by atoms with Gasteiger partial charge in [-0.15, -0.1) is 0 Å². The van der Waals surface area contributed by atoms with Crippen LogP contribution in [0.5, 0.6) is 0 Å². The summed E-state index contributed by atoms with van der Waals surface area (Å²) < 4.78 is 4.94. The number of carbonyl (C=O) groups is 2. The molecule has 5 heteroatoms. The van der Waals surface area contributed by atoms with Crippen LogP contribution in [0.25, 0.3) is 0 Å². The molecule has 0 radical (unpaired) electrons. The summed E-state index contributed by atoms with van der Waals surface area (Å²) in [5.41, 5.74) is 1.20. The van der Waals surface area contributed by atoms with Crippen molar-refractivity contribution in [2.75, 3.05) is 31.6 Å². The number of nitrogens with zero attached hydrogens (tertiary/aromatic N) is 1. The molecule has 1 amide bonds. The maximum atomic E-state index is 12.2. The van der Waals surface area contributed by atoms with E-state index in [2.05, 4.69) is 10.2 Å². The van der Waals surface area contributed by atoms with Gasteiger partial charge in [-0.05, 0) is 57.1 Å². The molecule has 1 aromatic carbocycles. The lowest BCUT2D eigenvalue weighted by molar-refractivity contribution is -0.117. The zero-order chi connectivity index (χ0) is 16.5. The normalized spacial score (nSPS) is 16.2. The summed E-state index contributed by atoms with van der Waals surface area (Å²) in [4.78, 5) is 26.0. The number of esters is 1. The Balaban J connectivity index is 1.83. The summed E-state index contributed by atoms with van der Waals surface area (Å²) in [6.45, 7) is 4.55. The third kappa shape index (κ3) is 6.02. The molecule has 1 aliphatic rings. The molecule has 1 aromatic rings. The second-order valence-corrected chi connectivity index (χ2v) is 5.89. The van der Waals surface area contributed by atoms with Gasteiger partial charge in [-0.3, -0.25) is 9.69 Å². The SMILES string of the molecule is CCOC(=O)c1ccc(NC(=O)CN2CCCCCCC2)cc1. The number of anilines is 1. The third-order valence-corrected chi connectivity index (χ3v) is 4.00. The molecule has 126 valence electrons. The van der Waals surface area contributed by atoms with E-state index in [1.807, 2.05) is 0 Å². The third-order valence-electron chi connectivity index (χ3n) is 4.00. The molecule has 0 spiro atoms. The van der Waals surface area contributed by atoms with Crippen molar-refractivity contribution in [2.45, 2.75) is 39.0 Å². The second-order valence-electron chi connectivity index (χ2n) is 5.89. The molecule has 1 aliphatic heterocycles. The maximum absolute atomic E-state index is 12.2. The van der Waals surface area contributed by atoms with Crippen LogP contribution in [0.15, 0.2) is 24.3 Å². The number of rotatable bonds is 5. The van der Waals surface area contributed by atoms with Crippen molar-refractivity contribution in [2.24, 2.45) is 0 Å². The van der Waals surface area contributed by atoms with Crippen LogP contribution in [0.3, 0.4) is 0 Å². The molecular weight excluding hydrogens is 292 g/mol. The number of amides is 1. The Bertz CT molecular complexity index is 506. The van der Waals surface area contributed by atoms with E-state index in [4.69, 9.17) is 4.74 Å². The van der Waals surface area contributed by atoms with Crippen molar-refractivity contribution in [3.8, 4) is 0 Å². The Morgan fingerprint density at radius 1 is 1.04 bits per heavy atom. The van der Waals surface area contributed by atoms with E-state index < -0.39 is 0 Å². The molecule has 0 atom stereocenters. The van der Waals surface area contributed by atoms with Crippen LogP contribution >= 0.6 is 0 Å². The minimum absolute atomic E-state index is 0.00513. The molecule has 0 aromatic heterocycles. The van der Waals surface area contributed by atoms with Gasteiger partial charge in [-0.1, -0.05) is 19.3 Å². The van der Waals surface area contributed by atoms with E-state index in [0.717, 1.165) is 13.1 Å². The van der Waals surface area contributed by atoms with Crippen molar-refractivity contribution < 1.29 is 14.3 Å². The van der Waals surface area contributed by atoms with Gasteiger partial charge in [-0.25, -0.2) is 4.79 Å². The predicted octanol–water partition coefficient (Wildman–Crippen LogP) is 3.07. The van der Waals surface area contributed by atoms with E-state index in [1.165, 1.54) is 32.1 Å². The average molecular weight is 318 g/mol. The van der Waals surface area contributed by atoms with Gasteiger partial charge in [0.1, 0.15) is 0 Å². The molecule has 2 rings (SSSR count). The molecule has 1 fully saturated rings. The lowest BCUT2D eigenvalue weighted by atomic mass is 10.1. The monoisotopic (exact) mass is 318 g/mol. The Labute approximate surface area is 138 Å². The minimum Gasteiger partial charge on any atom is -0.462 e. The van der Waals surface area contributed by atoms with Crippen LogP contribution in [0.2, 0.25) is 0 Å². The van der Waals surface area contributed by atoms with Crippen LogP contribution < -0.4 is 5.32 Å². The molecule has 0 saturated carbocycles. The molecule has 1 heterocycles. The quantitative estimate of drug-likeness (QED) is 0.848. The first kappa shape index (κ1) is 17.5. The van der Waals surface area contributed by atoms with E-state index in [9.17, 15) is 9.59 Å². The summed E-state index contributed by atoms with van der Waals surface area (Å²) >= 11 is 0. The molecule has 23 heavy (non-hydrogen) atoms.